The minimum atomic E-state index is -0.392. The molecule has 0 unspecified atom stereocenters. The van der Waals surface area contributed by atoms with Gasteiger partial charge in [0, 0.05) is 43.1 Å². The Labute approximate surface area is 189 Å². The first-order chi connectivity index (χ1) is 15.5. The number of carbonyl (C=O) groups excluding carboxylic acids is 2. The molecule has 0 aromatic heterocycles. The summed E-state index contributed by atoms with van der Waals surface area (Å²) in [4.78, 5) is 30.2. The SMILES string of the molecule is CCN(CC)CCNC(=O)c1cc(NC(=O)c2ccc(F)cc2)ccc1N1CCCCC1. The number of halogens is 1. The average molecular weight is 441 g/mol. The number of hydrogen-bond donors (Lipinski definition) is 2. The number of nitrogens with one attached hydrogen (secondary N) is 2. The first kappa shape index (κ1) is 23.7. The van der Waals surface area contributed by atoms with Crippen LogP contribution in [0.2, 0.25) is 0 Å². The van der Waals surface area contributed by atoms with E-state index in [0.29, 0.717) is 23.4 Å². The van der Waals surface area contributed by atoms with Crippen LogP contribution in [-0.4, -0.2) is 56.0 Å². The highest BCUT2D eigenvalue weighted by Gasteiger charge is 2.20. The Kier molecular flexibility index (Phi) is 8.62. The van der Waals surface area contributed by atoms with Crippen molar-refractivity contribution in [3.05, 3.63) is 59.4 Å². The topological polar surface area (TPSA) is 64.7 Å². The molecule has 0 spiro atoms. The largest absolute Gasteiger partial charge is 0.371 e. The lowest BCUT2D eigenvalue weighted by Gasteiger charge is -2.30. The van der Waals surface area contributed by atoms with Gasteiger partial charge in [-0.1, -0.05) is 13.8 Å². The van der Waals surface area contributed by atoms with Gasteiger partial charge in [-0.2, -0.15) is 0 Å². The van der Waals surface area contributed by atoms with Crippen molar-refractivity contribution in [2.45, 2.75) is 33.1 Å². The van der Waals surface area contributed by atoms with Gasteiger partial charge in [-0.15, -0.1) is 0 Å². The molecule has 7 heteroatoms. The summed E-state index contributed by atoms with van der Waals surface area (Å²) in [6.45, 7) is 9.28. The van der Waals surface area contributed by atoms with Crippen molar-refractivity contribution >= 4 is 23.2 Å². The van der Waals surface area contributed by atoms with E-state index in [2.05, 4.69) is 34.3 Å². The highest BCUT2D eigenvalue weighted by Crippen LogP contribution is 2.27. The molecular formula is C25H33FN4O2. The lowest BCUT2D eigenvalue weighted by Crippen LogP contribution is -2.36. The normalized spacial score (nSPS) is 13.8. The van der Waals surface area contributed by atoms with Crippen LogP contribution in [0.5, 0.6) is 0 Å². The van der Waals surface area contributed by atoms with Gasteiger partial charge in [0.15, 0.2) is 0 Å². The molecule has 0 atom stereocenters. The molecule has 32 heavy (non-hydrogen) atoms. The number of piperidine rings is 1. The van der Waals surface area contributed by atoms with Crippen molar-refractivity contribution in [3.63, 3.8) is 0 Å². The van der Waals surface area contributed by atoms with Gasteiger partial charge in [0.2, 0.25) is 0 Å². The molecule has 2 aromatic rings. The van der Waals surface area contributed by atoms with E-state index in [-0.39, 0.29) is 11.8 Å². The number of anilines is 2. The van der Waals surface area contributed by atoms with Crippen molar-refractivity contribution in [1.82, 2.24) is 10.2 Å². The summed E-state index contributed by atoms with van der Waals surface area (Å²) in [7, 11) is 0. The first-order valence-corrected chi connectivity index (χ1v) is 11.5. The number of hydrogen-bond acceptors (Lipinski definition) is 4. The lowest BCUT2D eigenvalue weighted by molar-refractivity contribution is 0.0948. The van der Waals surface area contributed by atoms with E-state index < -0.39 is 5.82 Å². The maximum Gasteiger partial charge on any atom is 0.255 e. The molecule has 2 N–H and O–H groups in total. The summed E-state index contributed by atoms with van der Waals surface area (Å²) in [6.07, 6.45) is 3.41. The van der Waals surface area contributed by atoms with Crippen LogP contribution in [0.1, 0.15) is 53.8 Å². The van der Waals surface area contributed by atoms with Crippen LogP contribution in [0.15, 0.2) is 42.5 Å². The Morgan fingerprint density at radius 1 is 0.969 bits per heavy atom. The third-order valence-electron chi connectivity index (χ3n) is 5.91. The van der Waals surface area contributed by atoms with Gasteiger partial charge in [0.1, 0.15) is 5.82 Å². The third-order valence-corrected chi connectivity index (χ3v) is 5.91. The van der Waals surface area contributed by atoms with Crippen LogP contribution in [0, 0.1) is 5.82 Å². The van der Waals surface area contributed by atoms with E-state index in [9.17, 15) is 14.0 Å². The zero-order valence-electron chi connectivity index (χ0n) is 19.0. The Morgan fingerprint density at radius 3 is 2.31 bits per heavy atom. The van der Waals surface area contributed by atoms with Gasteiger partial charge < -0.3 is 20.4 Å². The Morgan fingerprint density at radius 2 is 1.66 bits per heavy atom. The Balaban J connectivity index is 1.78. The number of benzene rings is 2. The summed E-state index contributed by atoms with van der Waals surface area (Å²) in [5.41, 5.74) is 2.35. The Bertz CT molecular complexity index is 907. The maximum atomic E-state index is 13.2. The second kappa shape index (κ2) is 11.6. The first-order valence-electron chi connectivity index (χ1n) is 11.5. The number of rotatable bonds is 9. The highest BCUT2D eigenvalue weighted by molar-refractivity contribution is 6.06. The van der Waals surface area contributed by atoms with E-state index in [4.69, 9.17) is 0 Å². The molecular weight excluding hydrogens is 407 g/mol. The van der Waals surface area contributed by atoms with E-state index in [1.54, 1.807) is 6.07 Å². The summed E-state index contributed by atoms with van der Waals surface area (Å²) in [5, 5.41) is 5.86. The van der Waals surface area contributed by atoms with E-state index >= 15 is 0 Å². The number of nitrogens with zero attached hydrogens (tertiary/aromatic N) is 2. The van der Waals surface area contributed by atoms with Crippen molar-refractivity contribution in [2.24, 2.45) is 0 Å². The predicted octanol–water partition coefficient (Wildman–Crippen LogP) is 4.14. The van der Waals surface area contributed by atoms with Crippen LogP contribution in [0.4, 0.5) is 15.8 Å². The van der Waals surface area contributed by atoms with Crippen LogP contribution >= 0.6 is 0 Å². The molecule has 1 aliphatic heterocycles. The van der Waals surface area contributed by atoms with Gasteiger partial charge in [-0.25, -0.2) is 4.39 Å². The number of amides is 2. The van der Waals surface area contributed by atoms with Crippen molar-refractivity contribution in [3.8, 4) is 0 Å². The number of likely N-dealkylation sites (N-methyl/N-ethyl adjacent to an activating group) is 1. The zero-order chi connectivity index (χ0) is 22.9. The summed E-state index contributed by atoms with van der Waals surface area (Å²) >= 11 is 0. The molecule has 172 valence electrons. The summed E-state index contributed by atoms with van der Waals surface area (Å²) in [5.74, 6) is -0.879. The molecule has 1 aliphatic rings. The Hall–Kier alpha value is -2.93. The molecule has 0 aliphatic carbocycles. The second-order valence-electron chi connectivity index (χ2n) is 8.02. The second-order valence-corrected chi connectivity index (χ2v) is 8.02. The average Bonchev–Trinajstić information content (AvgIpc) is 2.82. The fourth-order valence-electron chi connectivity index (χ4n) is 3.97. The summed E-state index contributed by atoms with van der Waals surface area (Å²) in [6, 6.07) is 10.8. The van der Waals surface area contributed by atoms with Gasteiger partial charge in [0.25, 0.3) is 11.8 Å². The quantitative estimate of drug-likeness (QED) is 0.615. The van der Waals surface area contributed by atoms with Crippen molar-refractivity contribution in [1.29, 1.82) is 0 Å². The van der Waals surface area contributed by atoms with Crippen molar-refractivity contribution in [2.75, 3.05) is 49.5 Å². The van der Waals surface area contributed by atoms with Crippen LogP contribution in [0.25, 0.3) is 0 Å². The number of carbonyl (C=O) groups is 2. The van der Waals surface area contributed by atoms with Gasteiger partial charge >= 0.3 is 0 Å². The molecule has 0 saturated carbocycles. The van der Waals surface area contributed by atoms with Crippen LogP contribution in [-0.2, 0) is 0 Å². The molecule has 0 radical (unpaired) electrons. The zero-order valence-corrected chi connectivity index (χ0v) is 19.0. The molecule has 1 heterocycles. The van der Waals surface area contributed by atoms with Crippen LogP contribution < -0.4 is 15.5 Å². The minimum Gasteiger partial charge on any atom is -0.371 e. The fourth-order valence-corrected chi connectivity index (χ4v) is 3.97. The van der Waals surface area contributed by atoms with Crippen LogP contribution in [0.3, 0.4) is 0 Å². The molecule has 1 fully saturated rings. The lowest BCUT2D eigenvalue weighted by atomic mass is 10.1. The standard InChI is InChI=1S/C25H33FN4O2/c1-3-29(4-2)17-14-27-25(32)22-18-21(12-13-23(22)30-15-6-5-7-16-30)28-24(31)19-8-10-20(26)11-9-19/h8-13,18H,3-7,14-17H2,1-2H3,(H,27,32)(H,28,31). The molecule has 0 bridgehead atoms. The molecule has 6 nitrogen and oxygen atoms in total. The predicted molar refractivity (Wildman–Crippen MR) is 127 cm³/mol. The highest BCUT2D eigenvalue weighted by atomic mass is 19.1. The van der Waals surface area contributed by atoms with Crippen molar-refractivity contribution < 1.29 is 14.0 Å². The van der Waals surface area contributed by atoms with Gasteiger partial charge in [-0.05, 0) is 74.8 Å². The van der Waals surface area contributed by atoms with E-state index in [1.165, 1.54) is 30.7 Å². The maximum absolute atomic E-state index is 13.2. The monoisotopic (exact) mass is 440 g/mol. The van der Waals surface area contributed by atoms with Gasteiger partial charge in [0.05, 0.1) is 5.56 Å². The third kappa shape index (κ3) is 6.29. The molecule has 3 rings (SSSR count). The van der Waals surface area contributed by atoms with Gasteiger partial charge in [-0.3, -0.25) is 9.59 Å². The van der Waals surface area contributed by atoms with E-state index in [0.717, 1.165) is 51.3 Å². The summed E-state index contributed by atoms with van der Waals surface area (Å²) < 4.78 is 13.2. The fraction of sp³-hybridized carbons (Fsp3) is 0.440. The molecule has 1 saturated heterocycles. The smallest absolute Gasteiger partial charge is 0.255 e. The molecule has 2 aromatic carbocycles. The minimum absolute atomic E-state index is 0.143. The molecule has 2 amide bonds. The van der Waals surface area contributed by atoms with E-state index in [1.807, 2.05) is 12.1 Å².